The summed E-state index contributed by atoms with van der Waals surface area (Å²) in [6, 6.07) is 3.35. The molecule has 0 radical (unpaired) electrons. The van der Waals surface area contributed by atoms with E-state index in [2.05, 4.69) is 10.3 Å². The maximum atomic E-state index is 12.6. The van der Waals surface area contributed by atoms with Gasteiger partial charge in [0, 0.05) is 12.7 Å². The lowest BCUT2D eigenvalue weighted by molar-refractivity contribution is 0.587. The van der Waals surface area contributed by atoms with Gasteiger partial charge in [-0.1, -0.05) is 0 Å². The Labute approximate surface area is 59.1 Å². The van der Waals surface area contributed by atoms with Gasteiger partial charge in [-0.15, -0.1) is 0 Å². The molecular formula is C7H9FN2. The van der Waals surface area contributed by atoms with Gasteiger partial charge >= 0.3 is 0 Å². The van der Waals surface area contributed by atoms with Gasteiger partial charge in [0.25, 0.3) is 0 Å². The summed E-state index contributed by atoms with van der Waals surface area (Å²) in [5.41, 5.74) is 0.463. The van der Waals surface area contributed by atoms with Crippen LogP contribution in [0.5, 0.6) is 0 Å². The smallest absolute Gasteiger partial charge is 0.236 e. The first-order chi connectivity index (χ1) is 4.84. The Morgan fingerprint density at radius 3 is 3.10 bits per heavy atom. The SMILES string of the molecule is CCNc1cccnc1F. The summed E-state index contributed by atoms with van der Waals surface area (Å²) in [4.78, 5) is 3.47. The van der Waals surface area contributed by atoms with Crippen molar-refractivity contribution in [2.45, 2.75) is 6.92 Å². The topological polar surface area (TPSA) is 24.9 Å². The van der Waals surface area contributed by atoms with E-state index in [1.54, 1.807) is 12.1 Å². The molecule has 1 aromatic rings. The maximum Gasteiger partial charge on any atom is 0.236 e. The first kappa shape index (κ1) is 6.99. The average Bonchev–Trinajstić information content (AvgIpc) is 1.94. The van der Waals surface area contributed by atoms with Crippen molar-refractivity contribution in [2.24, 2.45) is 0 Å². The minimum absolute atomic E-state index is 0.440. The quantitative estimate of drug-likeness (QED) is 0.632. The molecule has 0 fully saturated rings. The third-order valence-electron chi connectivity index (χ3n) is 1.13. The summed E-state index contributed by atoms with van der Waals surface area (Å²) in [7, 11) is 0. The van der Waals surface area contributed by atoms with Gasteiger partial charge in [-0.3, -0.25) is 0 Å². The zero-order valence-corrected chi connectivity index (χ0v) is 5.76. The van der Waals surface area contributed by atoms with Gasteiger partial charge in [0.1, 0.15) is 0 Å². The fourth-order valence-corrected chi connectivity index (χ4v) is 0.708. The van der Waals surface area contributed by atoms with E-state index in [1.165, 1.54) is 6.20 Å². The van der Waals surface area contributed by atoms with Crippen LogP contribution in [0, 0.1) is 5.95 Å². The molecule has 54 valence electrons. The summed E-state index contributed by atoms with van der Waals surface area (Å²) in [5, 5.41) is 2.84. The zero-order valence-electron chi connectivity index (χ0n) is 5.76. The van der Waals surface area contributed by atoms with E-state index in [4.69, 9.17) is 0 Å². The second-order valence-electron chi connectivity index (χ2n) is 1.87. The number of nitrogens with zero attached hydrogens (tertiary/aromatic N) is 1. The number of halogens is 1. The highest BCUT2D eigenvalue weighted by Crippen LogP contribution is 2.07. The van der Waals surface area contributed by atoms with E-state index in [-0.39, 0.29) is 0 Å². The van der Waals surface area contributed by atoms with Crippen molar-refractivity contribution in [3.8, 4) is 0 Å². The average molecular weight is 140 g/mol. The molecule has 1 rings (SSSR count). The Morgan fingerprint density at radius 1 is 1.70 bits per heavy atom. The lowest BCUT2D eigenvalue weighted by Gasteiger charge is -2.00. The van der Waals surface area contributed by atoms with E-state index in [9.17, 15) is 4.39 Å². The van der Waals surface area contributed by atoms with Crippen LogP contribution in [-0.4, -0.2) is 11.5 Å². The molecule has 3 heteroatoms. The Morgan fingerprint density at radius 2 is 2.50 bits per heavy atom. The molecule has 0 aliphatic heterocycles. The molecule has 0 bridgehead atoms. The molecular weight excluding hydrogens is 131 g/mol. The molecule has 2 nitrogen and oxygen atoms in total. The summed E-state index contributed by atoms with van der Waals surface area (Å²) in [6.45, 7) is 2.62. The molecule has 1 heterocycles. The number of anilines is 1. The number of pyridine rings is 1. The van der Waals surface area contributed by atoms with Crippen molar-refractivity contribution >= 4 is 5.69 Å². The molecule has 0 aromatic carbocycles. The molecule has 10 heavy (non-hydrogen) atoms. The second kappa shape index (κ2) is 3.15. The fraction of sp³-hybridized carbons (Fsp3) is 0.286. The van der Waals surface area contributed by atoms with E-state index in [0.717, 1.165) is 0 Å². The van der Waals surface area contributed by atoms with Crippen molar-refractivity contribution in [2.75, 3.05) is 11.9 Å². The Hall–Kier alpha value is -1.12. The Balaban J connectivity index is 2.81. The zero-order chi connectivity index (χ0) is 7.40. The number of hydrogen-bond acceptors (Lipinski definition) is 2. The Kier molecular flexibility index (Phi) is 2.20. The lowest BCUT2D eigenvalue weighted by atomic mass is 10.4. The first-order valence-electron chi connectivity index (χ1n) is 3.19. The van der Waals surface area contributed by atoms with Crippen molar-refractivity contribution in [3.05, 3.63) is 24.3 Å². The molecule has 0 spiro atoms. The third-order valence-corrected chi connectivity index (χ3v) is 1.13. The number of hydrogen-bond donors (Lipinski definition) is 1. The largest absolute Gasteiger partial charge is 0.382 e. The molecule has 0 amide bonds. The van der Waals surface area contributed by atoms with Crippen LogP contribution in [0.2, 0.25) is 0 Å². The van der Waals surface area contributed by atoms with Crippen LogP contribution < -0.4 is 5.32 Å². The highest BCUT2D eigenvalue weighted by Gasteiger charge is 1.96. The summed E-state index contributed by atoms with van der Waals surface area (Å²) in [5.74, 6) is -0.440. The highest BCUT2D eigenvalue weighted by atomic mass is 19.1. The summed E-state index contributed by atoms with van der Waals surface area (Å²) in [6.07, 6.45) is 1.43. The van der Waals surface area contributed by atoms with Crippen molar-refractivity contribution in [1.82, 2.24) is 4.98 Å². The molecule has 0 saturated carbocycles. The van der Waals surface area contributed by atoms with E-state index in [1.807, 2.05) is 6.92 Å². The van der Waals surface area contributed by atoms with E-state index < -0.39 is 5.95 Å². The normalized spacial score (nSPS) is 9.40. The predicted molar refractivity (Wildman–Crippen MR) is 38.4 cm³/mol. The Bertz CT molecular complexity index is 213. The van der Waals surface area contributed by atoms with Crippen molar-refractivity contribution in [3.63, 3.8) is 0 Å². The van der Waals surface area contributed by atoms with E-state index >= 15 is 0 Å². The molecule has 0 aliphatic rings. The predicted octanol–water partition coefficient (Wildman–Crippen LogP) is 1.65. The van der Waals surface area contributed by atoms with Gasteiger partial charge in [-0.25, -0.2) is 4.98 Å². The maximum absolute atomic E-state index is 12.6. The van der Waals surface area contributed by atoms with Gasteiger partial charge in [0.2, 0.25) is 5.95 Å². The third kappa shape index (κ3) is 1.43. The van der Waals surface area contributed by atoms with Crippen LogP contribution in [0.1, 0.15) is 6.92 Å². The van der Waals surface area contributed by atoms with Crippen molar-refractivity contribution < 1.29 is 4.39 Å². The van der Waals surface area contributed by atoms with Gasteiger partial charge in [-0.05, 0) is 19.1 Å². The van der Waals surface area contributed by atoms with Crippen LogP contribution in [0.4, 0.5) is 10.1 Å². The van der Waals surface area contributed by atoms with Gasteiger partial charge < -0.3 is 5.32 Å². The highest BCUT2D eigenvalue weighted by molar-refractivity contribution is 5.40. The monoisotopic (exact) mass is 140 g/mol. The molecule has 0 saturated heterocycles. The van der Waals surface area contributed by atoms with Gasteiger partial charge in [0.15, 0.2) is 0 Å². The van der Waals surface area contributed by atoms with Crippen LogP contribution in [-0.2, 0) is 0 Å². The summed E-state index contributed by atoms with van der Waals surface area (Å²) < 4.78 is 12.6. The first-order valence-corrected chi connectivity index (χ1v) is 3.19. The second-order valence-corrected chi connectivity index (χ2v) is 1.87. The molecule has 1 N–H and O–H groups in total. The minimum Gasteiger partial charge on any atom is -0.382 e. The number of nitrogens with one attached hydrogen (secondary N) is 1. The van der Waals surface area contributed by atoms with Gasteiger partial charge in [0.05, 0.1) is 5.69 Å². The number of aromatic nitrogens is 1. The molecule has 0 atom stereocenters. The standard InChI is InChI=1S/C7H9FN2/c1-2-9-6-4-3-5-10-7(6)8/h3-5,9H,2H2,1H3. The van der Waals surface area contributed by atoms with E-state index in [0.29, 0.717) is 12.2 Å². The molecule has 1 aromatic heterocycles. The van der Waals surface area contributed by atoms with Crippen LogP contribution >= 0.6 is 0 Å². The summed E-state index contributed by atoms with van der Waals surface area (Å²) >= 11 is 0. The van der Waals surface area contributed by atoms with Crippen LogP contribution in [0.3, 0.4) is 0 Å². The minimum atomic E-state index is -0.440. The van der Waals surface area contributed by atoms with Gasteiger partial charge in [-0.2, -0.15) is 4.39 Å². The van der Waals surface area contributed by atoms with Crippen LogP contribution in [0.25, 0.3) is 0 Å². The van der Waals surface area contributed by atoms with Crippen molar-refractivity contribution in [1.29, 1.82) is 0 Å². The number of rotatable bonds is 2. The lowest BCUT2D eigenvalue weighted by Crippen LogP contribution is -1.99. The molecule has 0 aliphatic carbocycles. The molecule has 0 unspecified atom stereocenters. The van der Waals surface area contributed by atoms with Crippen LogP contribution in [0.15, 0.2) is 18.3 Å². The fourth-order valence-electron chi connectivity index (χ4n) is 0.708.